The number of carbonyl (C=O) groups is 1. The van der Waals surface area contributed by atoms with Crippen molar-refractivity contribution in [3.05, 3.63) is 59.4 Å². The molecule has 1 aromatic heterocycles. The molecule has 9 heteroatoms. The van der Waals surface area contributed by atoms with Crippen LogP contribution in [-0.2, 0) is 16.5 Å². The van der Waals surface area contributed by atoms with Crippen molar-refractivity contribution in [1.29, 1.82) is 0 Å². The third-order valence-electron chi connectivity index (χ3n) is 5.32. The van der Waals surface area contributed by atoms with Gasteiger partial charge in [0.2, 0.25) is 0 Å². The molecular weight excluding hydrogens is 387 g/mol. The van der Waals surface area contributed by atoms with Crippen LogP contribution in [0.3, 0.4) is 0 Å². The van der Waals surface area contributed by atoms with Gasteiger partial charge in [0.25, 0.3) is 5.91 Å². The number of anilines is 1. The predicted octanol–water partition coefficient (Wildman–Crippen LogP) is 2.28. The zero-order valence-electron chi connectivity index (χ0n) is 15.5. The van der Waals surface area contributed by atoms with E-state index in [1.54, 1.807) is 35.2 Å². The Balaban J connectivity index is 1.39. The monoisotopic (exact) mass is 407 g/mol. The first-order chi connectivity index (χ1) is 13.8. The second-order valence-electron chi connectivity index (χ2n) is 7.28. The van der Waals surface area contributed by atoms with E-state index in [-0.39, 0.29) is 19.1 Å². The van der Waals surface area contributed by atoms with Crippen molar-refractivity contribution in [3.8, 4) is 0 Å². The SMILES string of the molecule is O=C(c1ccc(C2(O)COC2)cc1)N1CCN(c2ccnc(C(F)(F)F)c2)CC1. The third-order valence-corrected chi connectivity index (χ3v) is 5.32. The number of aliphatic hydroxyl groups is 1. The lowest BCUT2D eigenvalue weighted by atomic mass is 9.91. The number of amides is 1. The molecule has 29 heavy (non-hydrogen) atoms. The first-order valence-electron chi connectivity index (χ1n) is 9.24. The van der Waals surface area contributed by atoms with E-state index >= 15 is 0 Å². The number of carbonyl (C=O) groups excluding carboxylic acids is 1. The van der Waals surface area contributed by atoms with Gasteiger partial charge in [-0.1, -0.05) is 12.1 Å². The van der Waals surface area contributed by atoms with E-state index in [4.69, 9.17) is 4.74 Å². The maximum atomic E-state index is 12.9. The average molecular weight is 407 g/mol. The molecule has 1 N–H and O–H groups in total. The van der Waals surface area contributed by atoms with Gasteiger partial charge in [-0.3, -0.25) is 9.78 Å². The van der Waals surface area contributed by atoms with Gasteiger partial charge in [-0.2, -0.15) is 13.2 Å². The Kier molecular flexibility index (Phi) is 4.95. The zero-order valence-corrected chi connectivity index (χ0v) is 15.5. The van der Waals surface area contributed by atoms with Gasteiger partial charge in [0.05, 0.1) is 13.2 Å². The maximum Gasteiger partial charge on any atom is 0.433 e. The number of nitrogens with zero attached hydrogens (tertiary/aromatic N) is 3. The lowest BCUT2D eigenvalue weighted by Gasteiger charge is -2.37. The van der Waals surface area contributed by atoms with Crippen LogP contribution in [-0.4, -0.2) is 60.3 Å². The van der Waals surface area contributed by atoms with Gasteiger partial charge in [0, 0.05) is 43.6 Å². The summed E-state index contributed by atoms with van der Waals surface area (Å²) < 4.78 is 43.6. The van der Waals surface area contributed by atoms with E-state index in [1.165, 1.54) is 0 Å². The van der Waals surface area contributed by atoms with Gasteiger partial charge in [-0.05, 0) is 29.8 Å². The molecule has 2 aromatic rings. The normalized spacial score (nSPS) is 19.0. The summed E-state index contributed by atoms with van der Waals surface area (Å²) in [6.07, 6.45) is -3.34. The first-order valence-corrected chi connectivity index (χ1v) is 9.24. The van der Waals surface area contributed by atoms with Gasteiger partial charge in [0.15, 0.2) is 0 Å². The number of halogens is 3. The highest BCUT2D eigenvalue weighted by Crippen LogP contribution is 2.31. The van der Waals surface area contributed by atoms with Crippen LogP contribution in [0, 0.1) is 0 Å². The fraction of sp³-hybridized carbons (Fsp3) is 0.400. The molecule has 0 saturated carbocycles. The molecule has 0 spiro atoms. The zero-order chi connectivity index (χ0) is 20.6. The second kappa shape index (κ2) is 7.31. The molecule has 0 aliphatic carbocycles. The van der Waals surface area contributed by atoms with Gasteiger partial charge >= 0.3 is 6.18 Å². The van der Waals surface area contributed by atoms with Gasteiger partial charge < -0.3 is 19.6 Å². The minimum absolute atomic E-state index is 0.140. The van der Waals surface area contributed by atoms with Crippen molar-refractivity contribution in [1.82, 2.24) is 9.88 Å². The summed E-state index contributed by atoms with van der Waals surface area (Å²) in [5, 5.41) is 10.3. The van der Waals surface area contributed by atoms with Crippen molar-refractivity contribution in [3.63, 3.8) is 0 Å². The van der Waals surface area contributed by atoms with Crippen LogP contribution in [0.4, 0.5) is 18.9 Å². The molecule has 2 aliphatic rings. The van der Waals surface area contributed by atoms with Crippen molar-refractivity contribution in [2.24, 2.45) is 0 Å². The summed E-state index contributed by atoms with van der Waals surface area (Å²) in [4.78, 5) is 19.6. The Morgan fingerprint density at radius 2 is 1.72 bits per heavy atom. The van der Waals surface area contributed by atoms with E-state index < -0.39 is 17.5 Å². The number of aromatic nitrogens is 1. The largest absolute Gasteiger partial charge is 0.433 e. The minimum Gasteiger partial charge on any atom is -0.380 e. The van der Waals surface area contributed by atoms with Crippen molar-refractivity contribution < 1.29 is 27.8 Å². The van der Waals surface area contributed by atoms with Crippen LogP contribution < -0.4 is 4.90 Å². The average Bonchev–Trinajstić information content (AvgIpc) is 2.71. The summed E-state index contributed by atoms with van der Waals surface area (Å²) in [6.45, 7) is 2.16. The quantitative estimate of drug-likeness (QED) is 0.846. The Morgan fingerprint density at radius 1 is 1.07 bits per heavy atom. The standard InChI is InChI=1S/C20H20F3N3O3/c21-20(22,23)17-11-16(5-6-24-17)25-7-9-26(10-8-25)18(27)14-1-3-15(4-2-14)19(28)12-29-13-19/h1-6,11,28H,7-10,12-13H2. The van der Waals surface area contributed by atoms with Crippen molar-refractivity contribution in [2.75, 3.05) is 44.3 Å². The number of pyridine rings is 1. The predicted molar refractivity (Wildman–Crippen MR) is 98.5 cm³/mol. The molecule has 1 aromatic carbocycles. The molecule has 2 saturated heterocycles. The summed E-state index contributed by atoms with van der Waals surface area (Å²) in [5.41, 5.74) is -0.239. The van der Waals surface area contributed by atoms with E-state index in [2.05, 4.69) is 4.98 Å². The maximum absolute atomic E-state index is 12.9. The lowest BCUT2D eigenvalue weighted by molar-refractivity contribution is -0.184. The Labute approximate surface area is 165 Å². The molecule has 2 fully saturated rings. The first kappa shape index (κ1) is 19.7. The molecule has 0 bridgehead atoms. The Bertz CT molecular complexity index is 890. The molecule has 4 rings (SSSR count). The molecule has 2 aliphatic heterocycles. The number of piperazine rings is 1. The highest BCUT2D eigenvalue weighted by Gasteiger charge is 2.38. The van der Waals surface area contributed by atoms with Crippen LogP contribution in [0.5, 0.6) is 0 Å². The highest BCUT2D eigenvalue weighted by atomic mass is 19.4. The van der Waals surface area contributed by atoms with Crippen LogP contribution in [0.1, 0.15) is 21.6 Å². The van der Waals surface area contributed by atoms with Crippen LogP contribution in [0.15, 0.2) is 42.6 Å². The Hall–Kier alpha value is -2.65. The summed E-state index contributed by atoms with van der Waals surface area (Å²) in [7, 11) is 0. The fourth-order valence-electron chi connectivity index (χ4n) is 3.51. The third kappa shape index (κ3) is 3.92. The summed E-state index contributed by atoms with van der Waals surface area (Å²) >= 11 is 0. The van der Waals surface area contributed by atoms with Crippen LogP contribution in [0.2, 0.25) is 0 Å². The smallest absolute Gasteiger partial charge is 0.380 e. The topological polar surface area (TPSA) is 65.9 Å². The molecule has 6 nitrogen and oxygen atoms in total. The Morgan fingerprint density at radius 3 is 2.28 bits per heavy atom. The molecule has 154 valence electrons. The molecule has 1 amide bonds. The fourth-order valence-corrected chi connectivity index (χ4v) is 3.51. The number of benzene rings is 1. The minimum atomic E-state index is -4.49. The number of hydrogen-bond donors (Lipinski definition) is 1. The number of hydrogen-bond acceptors (Lipinski definition) is 5. The van der Waals surface area contributed by atoms with Gasteiger partial charge in [0.1, 0.15) is 11.3 Å². The van der Waals surface area contributed by atoms with Crippen LogP contribution in [0.25, 0.3) is 0 Å². The summed E-state index contributed by atoms with van der Waals surface area (Å²) in [6, 6.07) is 9.38. The van der Waals surface area contributed by atoms with E-state index in [0.717, 1.165) is 12.3 Å². The van der Waals surface area contributed by atoms with E-state index in [0.29, 0.717) is 43.0 Å². The number of ether oxygens (including phenoxy) is 1. The molecule has 0 atom stereocenters. The van der Waals surface area contributed by atoms with Crippen molar-refractivity contribution >= 4 is 11.6 Å². The van der Waals surface area contributed by atoms with Gasteiger partial charge in [-0.15, -0.1) is 0 Å². The summed E-state index contributed by atoms with van der Waals surface area (Å²) in [5.74, 6) is -0.140. The highest BCUT2D eigenvalue weighted by molar-refractivity contribution is 5.94. The van der Waals surface area contributed by atoms with E-state index in [9.17, 15) is 23.1 Å². The molecule has 0 unspecified atom stereocenters. The second-order valence-corrected chi connectivity index (χ2v) is 7.28. The lowest BCUT2D eigenvalue weighted by Crippen LogP contribution is -2.49. The van der Waals surface area contributed by atoms with Crippen LogP contribution >= 0.6 is 0 Å². The molecule has 0 radical (unpaired) electrons. The van der Waals surface area contributed by atoms with Crippen molar-refractivity contribution in [2.45, 2.75) is 11.8 Å². The molecular formula is C20H20F3N3O3. The molecule has 3 heterocycles. The van der Waals surface area contributed by atoms with E-state index in [1.807, 2.05) is 4.90 Å². The number of rotatable bonds is 3. The van der Waals surface area contributed by atoms with Gasteiger partial charge in [-0.25, -0.2) is 0 Å². The number of alkyl halides is 3.